The molecule has 0 spiro atoms. The summed E-state index contributed by atoms with van der Waals surface area (Å²) in [5.74, 6) is -0.0174. The average Bonchev–Trinajstić information content (AvgIpc) is 2.44. The number of ether oxygens (including phenoxy) is 1. The van der Waals surface area contributed by atoms with Gasteiger partial charge in [-0.15, -0.1) is 0 Å². The topological polar surface area (TPSA) is 46.6 Å². The van der Waals surface area contributed by atoms with E-state index in [1.807, 2.05) is 35.2 Å². The Kier molecular flexibility index (Phi) is 3.47. The first-order chi connectivity index (χ1) is 9.65. The molecule has 2 saturated heterocycles. The zero-order valence-electron chi connectivity index (χ0n) is 11.6. The van der Waals surface area contributed by atoms with Gasteiger partial charge in [0.1, 0.15) is 6.10 Å². The minimum Gasteiger partial charge on any atom is -0.460 e. The molecule has 3 atom stereocenters. The predicted octanol–water partition coefficient (Wildman–Crippen LogP) is 2.13. The first-order valence-corrected chi connectivity index (χ1v) is 7.17. The lowest BCUT2D eigenvalue weighted by atomic mass is 9.77. The van der Waals surface area contributed by atoms with Crippen LogP contribution in [0, 0.1) is 5.92 Å². The van der Waals surface area contributed by atoms with Crippen molar-refractivity contribution in [2.24, 2.45) is 5.92 Å². The Balaban J connectivity index is 1.78. The Hall–Kier alpha value is -1.84. The van der Waals surface area contributed by atoms with Crippen molar-refractivity contribution < 1.29 is 14.3 Å². The number of hydrogen-bond donors (Lipinski definition) is 0. The standard InChI is InChI=1S/C16H19NO3/c1-11(18)20-15-9-13-7-8-14(15)17(16(13)19)10-12-5-3-2-4-6-12/h2-6,13-15H,7-10H2,1H3/t13-,14+,15+/m1/s1. The number of carbonyl (C=O) groups excluding carboxylic acids is 2. The Bertz CT molecular complexity index is 514. The van der Waals surface area contributed by atoms with E-state index < -0.39 is 0 Å². The Morgan fingerprint density at radius 2 is 2.05 bits per heavy atom. The van der Waals surface area contributed by atoms with Crippen molar-refractivity contribution in [2.75, 3.05) is 0 Å². The van der Waals surface area contributed by atoms with Gasteiger partial charge in [0.2, 0.25) is 5.91 Å². The van der Waals surface area contributed by atoms with E-state index in [-0.39, 0.29) is 29.9 Å². The maximum Gasteiger partial charge on any atom is 0.302 e. The number of amides is 1. The zero-order chi connectivity index (χ0) is 14.1. The van der Waals surface area contributed by atoms with Gasteiger partial charge in [-0.05, 0) is 24.8 Å². The van der Waals surface area contributed by atoms with Crippen LogP contribution in [-0.2, 0) is 20.9 Å². The van der Waals surface area contributed by atoms with Gasteiger partial charge in [0.05, 0.1) is 6.04 Å². The van der Waals surface area contributed by atoms with E-state index in [1.165, 1.54) is 6.92 Å². The van der Waals surface area contributed by atoms with Crippen molar-refractivity contribution in [1.29, 1.82) is 0 Å². The SMILES string of the molecule is CC(=O)O[C@H]1C[C@H]2CC[C@@H]1N(Cc1ccccc1)C2=O. The van der Waals surface area contributed by atoms with Gasteiger partial charge >= 0.3 is 5.97 Å². The van der Waals surface area contributed by atoms with Gasteiger partial charge in [0.25, 0.3) is 0 Å². The molecule has 0 aromatic heterocycles. The highest BCUT2D eigenvalue weighted by molar-refractivity contribution is 5.81. The summed E-state index contributed by atoms with van der Waals surface area (Å²) in [6.45, 7) is 2.05. The minimum absolute atomic E-state index is 0.0214. The number of hydrogen-bond acceptors (Lipinski definition) is 3. The molecule has 1 aromatic rings. The summed E-state index contributed by atoms with van der Waals surface area (Å²) in [4.78, 5) is 25.5. The number of benzene rings is 1. The Labute approximate surface area is 118 Å². The molecular weight excluding hydrogens is 254 g/mol. The van der Waals surface area contributed by atoms with Gasteiger partial charge in [0.15, 0.2) is 0 Å². The van der Waals surface area contributed by atoms with Crippen LogP contribution in [0.25, 0.3) is 0 Å². The van der Waals surface area contributed by atoms with Crippen LogP contribution in [0.3, 0.4) is 0 Å². The second kappa shape index (κ2) is 5.27. The smallest absolute Gasteiger partial charge is 0.302 e. The highest BCUT2D eigenvalue weighted by Gasteiger charge is 2.47. The van der Waals surface area contributed by atoms with Gasteiger partial charge in [-0.25, -0.2) is 0 Å². The third-order valence-corrected chi connectivity index (χ3v) is 4.30. The van der Waals surface area contributed by atoms with E-state index in [4.69, 9.17) is 4.74 Å². The summed E-state index contributed by atoms with van der Waals surface area (Å²) in [6, 6.07) is 10.0. The summed E-state index contributed by atoms with van der Waals surface area (Å²) in [5, 5.41) is 0. The van der Waals surface area contributed by atoms with Gasteiger partial charge < -0.3 is 9.64 Å². The molecule has 0 radical (unpaired) electrons. The quantitative estimate of drug-likeness (QED) is 0.793. The largest absolute Gasteiger partial charge is 0.460 e. The third kappa shape index (κ3) is 2.42. The molecule has 106 valence electrons. The van der Waals surface area contributed by atoms with Crippen LogP contribution in [0.1, 0.15) is 31.7 Å². The maximum absolute atomic E-state index is 12.4. The fourth-order valence-electron chi connectivity index (χ4n) is 3.41. The number of esters is 1. The van der Waals surface area contributed by atoms with Crippen LogP contribution in [-0.4, -0.2) is 28.9 Å². The lowest BCUT2D eigenvalue weighted by Gasteiger charge is -2.48. The third-order valence-electron chi connectivity index (χ3n) is 4.30. The average molecular weight is 273 g/mol. The molecule has 0 N–H and O–H groups in total. The molecule has 1 aliphatic carbocycles. The summed E-state index contributed by atoms with van der Waals surface area (Å²) in [5.41, 5.74) is 1.12. The second-order valence-electron chi connectivity index (χ2n) is 5.68. The zero-order valence-corrected chi connectivity index (χ0v) is 11.6. The molecule has 4 nitrogen and oxygen atoms in total. The van der Waals surface area contributed by atoms with Crippen molar-refractivity contribution in [3.63, 3.8) is 0 Å². The molecule has 4 heteroatoms. The number of rotatable bonds is 3. The Morgan fingerprint density at radius 1 is 1.30 bits per heavy atom. The summed E-state index contributed by atoms with van der Waals surface area (Å²) in [7, 11) is 0. The number of carbonyl (C=O) groups is 2. The number of nitrogens with zero attached hydrogens (tertiary/aromatic N) is 1. The van der Waals surface area contributed by atoms with E-state index in [9.17, 15) is 9.59 Å². The molecule has 0 unspecified atom stereocenters. The first-order valence-electron chi connectivity index (χ1n) is 7.17. The van der Waals surface area contributed by atoms with Gasteiger partial charge in [0, 0.05) is 19.4 Å². The van der Waals surface area contributed by atoms with Crippen LogP contribution >= 0.6 is 0 Å². The number of fused-ring (bicyclic) bond motifs is 3. The van der Waals surface area contributed by atoms with Crippen LogP contribution in [0.5, 0.6) is 0 Å². The molecule has 3 aliphatic rings. The molecule has 1 saturated carbocycles. The minimum atomic E-state index is -0.255. The molecule has 1 amide bonds. The van der Waals surface area contributed by atoms with Crippen molar-refractivity contribution in [3.05, 3.63) is 35.9 Å². The monoisotopic (exact) mass is 273 g/mol. The van der Waals surface area contributed by atoms with Gasteiger partial charge in [-0.1, -0.05) is 30.3 Å². The summed E-state index contributed by atoms with van der Waals surface area (Å²) >= 11 is 0. The highest BCUT2D eigenvalue weighted by Crippen LogP contribution is 2.38. The summed E-state index contributed by atoms with van der Waals surface area (Å²) in [6.07, 6.45) is 2.41. The lowest BCUT2D eigenvalue weighted by molar-refractivity contribution is -0.171. The van der Waals surface area contributed by atoms with Crippen molar-refractivity contribution in [1.82, 2.24) is 4.90 Å². The van der Waals surface area contributed by atoms with E-state index in [0.717, 1.165) is 18.4 Å². The van der Waals surface area contributed by atoms with Gasteiger partial charge in [-0.2, -0.15) is 0 Å². The van der Waals surface area contributed by atoms with Crippen LogP contribution in [0.4, 0.5) is 0 Å². The summed E-state index contributed by atoms with van der Waals surface area (Å²) < 4.78 is 5.41. The normalized spacial score (nSPS) is 28.6. The van der Waals surface area contributed by atoms with Gasteiger partial charge in [-0.3, -0.25) is 9.59 Å². The molecule has 2 heterocycles. The second-order valence-corrected chi connectivity index (χ2v) is 5.68. The van der Waals surface area contributed by atoms with Crippen molar-refractivity contribution in [3.8, 4) is 0 Å². The molecule has 4 rings (SSSR count). The van der Waals surface area contributed by atoms with E-state index in [1.54, 1.807) is 0 Å². The molecule has 1 aromatic carbocycles. The molecular formula is C16H19NO3. The van der Waals surface area contributed by atoms with Crippen molar-refractivity contribution >= 4 is 11.9 Å². The van der Waals surface area contributed by atoms with E-state index in [0.29, 0.717) is 13.0 Å². The molecule has 2 bridgehead atoms. The van der Waals surface area contributed by atoms with Crippen molar-refractivity contribution in [2.45, 2.75) is 44.9 Å². The lowest BCUT2D eigenvalue weighted by Crippen LogP contribution is -2.59. The molecule has 20 heavy (non-hydrogen) atoms. The van der Waals surface area contributed by atoms with E-state index >= 15 is 0 Å². The maximum atomic E-state index is 12.4. The fraction of sp³-hybridized carbons (Fsp3) is 0.500. The Morgan fingerprint density at radius 3 is 2.75 bits per heavy atom. The number of piperidine rings is 2. The van der Waals surface area contributed by atoms with E-state index in [2.05, 4.69) is 0 Å². The van der Waals surface area contributed by atoms with Crippen LogP contribution in [0.2, 0.25) is 0 Å². The van der Waals surface area contributed by atoms with Crippen LogP contribution in [0.15, 0.2) is 30.3 Å². The highest BCUT2D eigenvalue weighted by atomic mass is 16.5. The predicted molar refractivity (Wildman–Crippen MR) is 73.7 cm³/mol. The molecule has 3 fully saturated rings. The fourth-order valence-corrected chi connectivity index (χ4v) is 3.41. The molecule has 2 aliphatic heterocycles. The van der Waals surface area contributed by atoms with Crippen LogP contribution < -0.4 is 0 Å². The first kappa shape index (κ1) is 13.2.